The minimum Gasteiger partial charge on any atom is -0.449 e. The van der Waals surface area contributed by atoms with Gasteiger partial charge >= 0.3 is 6.09 Å². The molecule has 1 aliphatic rings. The van der Waals surface area contributed by atoms with Crippen molar-refractivity contribution in [2.24, 2.45) is 0 Å². The number of benzene rings is 1. The van der Waals surface area contributed by atoms with Gasteiger partial charge in [-0.15, -0.1) is 0 Å². The molecule has 2 aromatic rings. The van der Waals surface area contributed by atoms with E-state index in [0.29, 0.717) is 44.1 Å². The summed E-state index contributed by atoms with van der Waals surface area (Å²) in [6.07, 6.45) is 3.29. The second-order valence-electron chi connectivity index (χ2n) is 7.23. The fourth-order valence-corrected chi connectivity index (χ4v) is 5.09. The maximum Gasteiger partial charge on any atom is 0.410 e. The number of carbonyl (C=O) groups is 1. The summed E-state index contributed by atoms with van der Waals surface area (Å²) in [4.78, 5) is 18.6. The number of rotatable bonds is 8. The third-order valence-corrected chi connectivity index (χ3v) is 7.55. The van der Waals surface area contributed by atoms with Crippen LogP contribution in [-0.4, -0.2) is 42.4 Å². The predicted octanol–water partition coefficient (Wildman–Crippen LogP) is 4.17. The lowest BCUT2D eigenvalue weighted by molar-refractivity contribution is 0.0964. The lowest BCUT2D eigenvalue weighted by Crippen LogP contribution is -2.37. The van der Waals surface area contributed by atoms with Crippen LogP contribution in [-0.2, 0) is 33.2 Å². The molecule has 1 aromatic carbocycles. The first-order valence-electron chi connectivity index (χ1n) is 10.2. The van der Waals surface area contributed by atoms with Crippen molar-refractivity contribution in [2.75, 3.05) is 26.4 Å². The largest absolute Gasteiger partial charge is 0.449 e. The molecule has 0 radical (unpaired) electrons. The zero-order valence-electron chi connectivity index (χ0n) is 17.2. The van der Waals surface area contributed by atoms with Crippen molar-refractivity contribution < 1.29 is 18.6 Å². The van der Waals surface area contributed by atoms with Crippen molar-refractivity contribution in [3.8, 4) is 0 Å². The second kappa shape index (κ2) is 10.0. The van der Waals surface area contributed by atoms with E-state index in [9.17, 15) is 9.36 Å². The first kappa shape index (κ1) is 21.5. The van der Waals surface area contributed by atoms with Crippen molar-refractivity contribution in [3.63, 3.8) is 0 Å². The summed E-state index contributed by atoms with van der Waals surface area (Å²) in [7, 11) is -1.55. The Bertz CT molecular complexity index is 872. The van der Waals surface area contributed by atoms with E-state index in [2.05, 4.69) is 11.9 Å². The van der Waals surface area contributed by atoms with Crippen LogP contribution < -0.4 is 5.44 Å². The molecule has 1 aliphatic heterocycles. The fraction of sp³-hybridized carbons (Fsp3) is 0.455. The molecule has 1 unspecified atom stereocenters. The second-order valence-corrected chi connectivity index (χ2v) is 9.85. The lowest BCUT2D eigenvalue weighted by atomic mass is 10.1. The van der Waals surface area contributed by atoms with Gasteiger partial charge in [0, 0.05) is 31.9 Å². The minimum absolute atomic E-state index is 0.279. The van der Waals surface area contributed by atoms with Gasteiger partial charge in [0.15, 0.2) is 0 Å². The van der Waals surface area contributed by atoms with Crippen LogP contribution in [0.4, 0.5) is 4.79 Å². The Kier molecular flexibility index (Phi) is 7.45. The average molecular weight is 416 g/mol. The Morgan fingerprint density at radius 2 is 2.00 bits per heavy atom. The molecule has 6 nitrogen and oxygen atoms in total. The number of hydrogen-bond donors (Lipinski definition) is 0. The third-order valence-electron chi connectivity index (χ3n) is 5.20. The molecular weight excluding hydrogens is 387 g/mol. The van der Waals surface area contributed by atoms with Gasteiger partial charge in [0.25, 0.3) is 0 Å². The van der Waals surface area contributed by atoms with Gasteiger partial charge in [0.1, 0.15) is 5.44 Å². The first-order chi connectivity index (χ1) is 14.1. The molecule has 3 rings (SSSR count). The zero-order chi connectivity index (χ0) is 20.7. The highest BCUT2D eigenvalue weighted by Crippen LogP contribution is 2.44. The number of amides is 1. The van der Waals surface area contributed by atoms with Crippen molar-refractivity contribution >= 4 is 18.9 Å². The first-order valence-corrected chi connectivity index (χ1v) is 12.0. The van der Waals surface area contributed by atoms with Gasteiger partial charge in [-0.05, 0) is 30.0 Å². The molecule has 1 amide bonds. The van der Waals surface area contributed by atoms with Crippen molar-refractivity contribution in [2.45, 2.75) is 39.2 Å². The van der Waals surface area contributed by atoms with Crippen LogP contribution in [0.25, 0.3) is 0 Å². The maximum atomic E-state index is 13.4. The molecule has 0 saturated heterocycles. The summed E-state index contributed by atoms with van der Waals surface area (Å²) in [5.74, 6) is 0. The summed E-state index contributed by atoms with van der Waals surface area (Å²) in [5, 5.41) is 0. The van der Waals surface area contributed by atoms with Crippen LogP contribution in [0.2, 0.25) is 0 Å². The van der Waals surface area contributed by atoms with Crippen LogP contribution in [0.15, 0.2) is 42.5 Å². The van der Waals surface area contributed by atoms with Crippen LogP contribution in [0.5, 0.6) is 0 Å². The van der Waals surface area contributed by atoms with E-state index in [4.69, 9.17) is 9.26 Å². The molecule has 0 aliphatic carbocycles. The smallest absolute Gasteiger partial charge is 0.410 e. The SMILES string of the molecule is CCCCOC(=O)N1CCc2nc(P(=O)(CCc3ccccc3)OC)ccc2C1. The molecule has 1 atom stereocenters. The molecule has 29 heavy (non-hydrogen) atoms. The number of pyridine rings is 1. The lowest BCUT2D eigenvalue weighted by Gasteiger charge is -2.28. The summed E-state index contributed by atoms with van der Waals surface area (Å²) in [5.41, 5.74) is 3.49. The number of hydrogen-bond acceptors (Lipinski definition) is 5. The Hall–Kier alpha value is -2.17. The minimum atomic E-state index is -3.03. The monoisotopic (exact) mass is 416 g/mol. The van der Waals surface area contributed by atoms with E-state index in [0.717, 1.165) is 29.7 Å². The Morgan fingerprint density at radius 1 is 1.21 bits per heavy atom. The molecule has 0 fully saturated rings. The highest BCUT2D eigenvalue weighted by Gasteiger charge is 2.29. The molecular formula is C22H29N2O4P. The Balaban J connectivity index is 1.68. The number of unbranched alkanes of at least 4 members (excludes halogenated alkanes) is 1. The fourth-order valence-electron chi connectivity index (χ4n) is 3.37. The topological polar surface area (TPSA) is 68.7 Å². The molecule has 0 bridgehead atoms. The van der Waals surface area contributed by atoms with E-state index >= 15 is 0 Å². The average Bonchev–Trinajstić information content (AvgIpc) is 2.77. The summed E-state index contributed by atoms with van der Waals surface area (Å²) in [6, 6.07) is 13.7. The van der Waals surface area contributed by atoms with Gasteiger partial charge in [0.2, 0.25) is 7.37 Å². The molecule has 2 heterocycles. The number of fused-ring (bicyclic) bond motifs is 1. The highest BCUT2D eigenvalue weighted by atomic mass is 31.2. The number of ether oxygens (including phenoxy) is 1. The normalized spacial score (nSPS) is 15.4. The molecule has 7 heteroatoms. The highest BCUT2D eigenvalue weighted by molar-refractivity contribution is 7.66. The van der Waals surface area contributed by atoms with Crippen molar-refractivity contribution in [1.82, 2.24) is 9.88 Å². The van der Waals surface area contributed by atoms with E-state index < -0.39 is 7.37 Å². The molecule has 156 valence electrons. The van der Waals surface area contributed by atoms with Crippen LogP contribution in [0.1, 0.15) is 36.6 Å². The van der Waals surface area contributed by atoms with Crippen LogP contribution >= 0.6 is 7.37 Å². The van der Waals surface area contributed by atoms with Gasteiger partial charge in [-0.2, -0.15) is 0 Å². The number of nitrogens with zero attached hydrogens (tertiary/aromatic N) is 2. The van der Waals surface area contributed by atoms with E-state index in [-0.39, 0.29) is 6.09 Å². The number of carbonyl (C=O) groups excluding carboxylic acids is 1. The van der Waals surface area contributed by atoms with Gasteiger partial charge in [0.05, 0.1) is 13.2 Å². The van der Waals surface area contributed by atoms with Crippen molar-refractivity contribution in [3.05, 3.63) is 59.3 Å². The molecule has 0 spiro atoms. The van der Waals surface area contributed by atoms with Crippen LogP contribution in [0, 0.1) is 0 Å². The number of aryl methyl sites for hydroxylation is 1. The standard InChI is InChI=1S/C22H29N2O4P/c1-3-4-15-28-22(25)24-14-12-20-19(17-24)10-11-21(23-20)29(26,27-2)16-13-18-8-6-5-7-9-18/h5-11H,3-4,12-17H2,1-2H3. The molecule has 0 N–H and O–H groups in total. The van der Waals surface area contributed by atoms with Gasteiger partial charge in [-0.25, -0.2) is 9.78 Å². The van der Waals surface area contributed by atoms with Gasteiger partial charge < -0.3 is 14.2 Å². The quantitative estimate of drug-likeness (QED) is 0.477. The van der Waals surface area contributed by atoms with E-state index in [1.54, 1.807) is 11.0 Å². The third kappa shape index (κ3) is 5.46. The number of aromatic nitrogens is 1. The summed E-state index contributed by atoms with van der Waals surface area (Å²) < 4.78 is 24.2. The Morgan fingerprint density at radius 3 is 2.72 bits per heavy atom. The zero-order valence-corrected chi connectivity index (χ0v) is 18.1. The van der Waals surface area contributed by atoms with Gasteiger partial charge in [-0.3, -0.25) is 4.57 Å². The van der Waals surface area contributed by atoms with E-state index in [1.165, 1.54) is 7.11 Å². The summed E-state index contributed by atoms with van der Waals surface area (Å²) in [6.45, 7) is 3.53. The molecule has 1 aromatic heterocycles. The Labute approximate surface area is 172 Å². The molecule has 0 saturated carbocycles. The predicted molar refractivity (Wildman–Crippen MR) is 114 cm³/mol. The van der Waals surface area contributed by atoms with Crippen molar-refractivity contribution in [1.29, 1.82) is 0 Å². The van der Waals surface area contributed by atoms with E-state index in [1.807, 2.05) is 36.4 Å². The maximum absolute atomic E-state index is 13.4. The van der Waals surface area contributed by atoms with Crippen LogP contribution in [0.3, 0.4) is 0 Å². The summed E-state index contributed by atoms with van der Waals surface area (Å²) >= 11 is 0. The van der Waals surface area contributed by atoms with Gasteiger partial charge in [-0.1, -0.05) is 49.7 Å².